The molecule has 0 saturated heterocycles. The van der Waals surface area contributed by atoms with Crippen molar-refractivity contribution in [2.75, 3.05) is 7.11 Å². The predicted octanol–water partition coefficient (Wildman–Crippen LogP) is 0.356. The third-order valence-corrected chi connectivity index (χ3v) is 2.66. The lowest BCUT2D eigenvalue weighted by Crippen LogP contribution is -3.12. The van der Waals surface area contributed by atoms with Crippen molar-refractivity contribution in [3.63, 3.8) is 0 Å². The van der Waals surface area contributed by atoms with Crippen LogP contribution in [0.4, 0.5) is 0 Å². The van der Waals surface area contributed by atoms with E-state index >= 15 is 0 Å². The van der Waals surface area contributed by atoms with Gasteiger partial charge in [-0.3, -0.25) is 0 Å². The lowest BCUT2D eigenvalue weighted by atomic mass is 10.1. The minimum Gasteiger partial charge on any atom is -0.333 e. The van der Waals surface area contributed by atoms with Gasteiger partial charge in [0.25, 0.3) is 0 Å². The van der Waals surface area contributed by atoms with Crippen LogP contribution in [0.1, 0.15) is 13.8 Å². The van der Waals surface area contributed by atoms with Crippen molar-refractivity contribution in [3.05, 3.63) is 35.7 Å². The number of fused-ring (bicyclic) bond motifs is 1. The minimum absolute atomic E-state index is 0.238. The second kappa shape index (κ2) is 3.59. The van der Waals surface area contributed by atoms with Crippen LogP contribution in [0.2, 0.25) is 0 Å². The molecule has 0 saturated carbocycles. The summed E-state index contributed by atoms with van der Waals surface area (Å²) in [6.45, 7) is 4.38. The topological polar surface area (TPSA) is 25.7 Å². The molecule has 0 amide bonds. The van der Waals surface area contributed by atoms with Gasteiger partial charge in [0.05, 0.1) is 7.11 Å². The SMILES string of the molecule is CO[NH+]1C=CC=C2C=C(C(C)C)NC21. The molecule has 0 aromatic rings. The first kappa shape index (κ1) is 9.49. The summed E-state index contributed by atoms with van der Waals surface area (Å²) in [5.41, 5.74) is 2.59. The molecule has 14 heavy (non-hydrogen) atoms. The average Bonchev–Trinajstić information content (AvgIpc) is 2.60. The second-order valence-electron chi connectivity index (χ2n) is 3.96. The normalized spacial score (nSPS) is 29.7. The van der Waals surface area contributed by atoms with E-state index in [1.165, 1.54) is 11.3 Å². The smallest absolute Gasteiger partial charge is 0.221 e. The van der Waals surface area contributed by atoms with E-state index in [0.29, 0.717) is 5.92 Å². The van der Waals surface area contributed by atoms with Gasteiger partial charge in [0.1, 0.15) is 6.20 Å². The lowest BCUT2D eigenvalue weighted by molar-refractivity contribution is -1.06. The lowest BCUT2D eigenvalue weighted by Gasteiger charge is -2.22. The van der Waals surface area contributed by atoms with Crippen molar-refractivity contribution in [3.8, 4) is 0 Å². The molecule has 0 aliphatic carbocycles. The van der Waals surface area contributed by atoms with Gasteiger partial charge in [0.2, 0.25) is 6.17 Å². The average molecular weight is 193 g/mol. The Labute approximate surface area is 84.7 Å². The molecule has 2 aliphatic rings. The van der Waals surface area contributed by atoms with Crippen LogP contribution < -0.4 is 10.4 Å². The standard InChI is InChI=1S/C11H16N2O/c1-8(2)10-7-9-5-4-6-13(14-3)11(9)12-10/h4-8,11-12H,1-3H3/p+1. The van der Waals surface area contributed by atoms with Crippen molar-refractivity contribution in [2.45, 2.75) is 20.0 Å². The van der Waals surface area contributed by atoms with E-state index in [-0.39, 0.29) is 6.17 Å². The van der Waals surface area contributed by atoms with E-state index < -0.39 is 0 Å². The molecular weight excluding hydrogens is 176 g/mol. The van der Waals surface area contributed by atoms with E-state index in [9.17, 15) is 0 Å². The number of quaternary nitrogens is 1. The zero-order chi connectivity index (χ0) is 10.1. The zero-order valence-corrected chi connectivity index (χ0v) is 8.87. The van der Waals surface area contributed by atoms with Gasteiger partial charge < -0.3 is 5.32 Å². The Morgan fingerprint density at radius 2 is 2.29 bits per heavy atom. The number of rotatable bonds is 2. The number of nitrogens with one attached hydrogen (secondary N) is 2. The number of hydroxylamine groups is 2. The van der Waals surface area contributed by atoms with Gasteiger partial charge in [0, 0.05) is 11.3 Å². The summed E-state index contributed by atoms with van der Waals surface area (Å²) in [5.74, 6) is 0.541. The van der Waals surface area contributed by atoms with Gasteiger partial charge in [-0.1, -0.05) is 13.8 Å². The molecule has 3 nitrogen and oxygen atoms in total. The maximum Gasteiger partial charge on any atom is 0.221 e. The fourth-order valence-electron chi connectivity index (χ4n) is 1.80. The van der Waals surface area contributed by atoms with Crippen LogP contribution in [-0.4, -0.2) is 13.3 Å². The molecule has 2 aliphatic heterocycles. The first-order chi connectivity index (χ1) is 6.72. The Kier molecular flexibility index (Phi) is 2.44. The van der Waals surface area contributed by atoms with Crippen molar-refractivity contribution < 1.29 is 9.90 Å². The highest BCUT2D eigenvalue weighted by atomic mass is 16.7. The molecule has 0 fully saturated rings. The van der Waals surface area contributed by atoms with Gasteiger partial charge >= 0.3 is 0 Å². The highest BCUT2D eigenvalue weighted by Gasteiger charge is 2.32. The van der Waals surface area contributed by atoms with Crippen LogP contribution in [-0.2, 0) is 4.84 Å². The number of hydrogen-bond acceptors (Lipinski definition) is 2. The van der Waals surface area contributed by atoms with Crippen molar-refractivity contribution in [1.29, 1.82) is 0 Å². The molecule has 2 rings (SSSR count). The van der Waals surface area contributed by atoms with Crippen molar-refractivity contribution in [1.82, 2.24) is 5.32 Å². The van der Waals surface area contributed by atoms with Gasteiger partial charge in [-0.15, -0.1) is 5.06 Å². The van der Waals surface area contributed by atoms with Crippen molar-refractivity contribution >= 4 is 0 Å². The molecule has 2 N–H and O–H groups in total. The van der Waals surface area contributed by atoms with Crippen LogP contribution in [0.25, 0.3) is 0 Å². The summed E-state index contributed by atoms with van der Waals surface area (Å²) in [5, 5.41) is 4.47. The van der Waals surface area contributed by atoms with Gasteiger partial charge in [-0.05, 0) is 24.1 Å². The first-order valence-electron chi connectivity index (χ1n) is 4.99. The Balaban J connectivity index is 2.20. The molecule has 2 unspecified atom stereocenters. The monoisotopic (exact) mass is 193 g/mol. The van der Waals surface area contributed by atoms with Crippen molar-refractivity contribution in [2.24, 2.45) is 5.92 Å². The minimum atomic E-state index is 0.238. The molecule has 76 valence electrons. The van der Waals surface area contributed by atoms with E-state index in [2.05, 4.69) is 31.3 Å². The summed E-state index contributed by atoms with van der Waals surface area (Å²) in [6.07, 6.45) is 8.64. The highest BCUT2D eigenvalue weighted by Crippen LogP contribution is 2.19. The van der Waals surface area contributed by atoms with E-state index in [1.807, 2.05) is 12.3 Å². The van der Waals surface area contributed by atoms with Crippen LogP contribution in [0.3, 0.4) is 0 Å². The van der Waals surface area contributed by atoms with E-state index in [0.717, 1.165) is 5.06 Å². The number of hydrogen-bond donors (Lipinski definition) is 2. The molecule has 2 heterocycles. The zero-order valence-electron chi connectivity index (χ0n) is 8.87. The van der Waals surface area contributed by atoms with Crippen LogP contribution >= 0.6 is 0 Å². The number of allylic oxidation sites excluding steroid dienone is 3. The van der Waals surface area contributed by atoms with E-state index in [1.54, 1.807) is 7.11 Å². The fraction of sp³-hybridized carbons (Fsp3) is 0.455. The quantitative estimate of drug-likeness (QED) is 0.662. The molecule has 0 aromatic carbocycles. The molecule has 0 radical (unpaired) electrons. The predicted molar refractivity (Wildman–Crippen MR) is 55.0 cm³/mol. The van der Waals surface area contributed by atoms with Crippen LogP contribution in [0, 0.1) is 5.92 Å². The Morgan fingerprint density at radius 3 is 2.93 bits per heavy atom. The summed E-state index contributed by atoms with van der Waals surface area (Å²) < 4.78 is 0. The molecular formula is C11H17N2O+. The van der Waals surface area contributed by atoms with Gasteiger partial charge in [-0.2, -0.15) is 0 Å². The third-order valence-electron chi connectivity index (χ3n) is 2.66. The third kappa shape index (κ3) is 1.49. The summed E-state index contributed by atoms with van der Waals surface area (Å²) in [4.78, 5) is 5.33. The summed E-state index contributed by atoms with van der Waals surface area (Å²) in [6, 6.07) is 0. The molecule has 0 aromatic heterocycles. The van der Waals surface area contributed by atoms with E-state index in [4.69, 9.17) is 4.84 Å². The summed E-state index contributed by atoms with van der Waals surface area (Å²) in [7, 11) is 1.72. The Morgan fingerprint density at radius 1 is 1.50 bits per heavy atom. The maximum absolute atomic E-state index is 5.33. The largest absolute Gasteiger partial charge is 0.333 e. The Bertz CT molecular complexity index is 315. The molecule has 3 heteroatoms. The maximum atomic E-state index is 5.33. The highest BCUT2D eigenvalue weighted by molar-refractivity contribution is 5.37. The molecule has 2 atom stereocenters. The van der Waals surface area contributed by atoms with Crippen LogP contribution in [0.15, 0.2) is 35.7 Å². The Hall–Kier alpha value is -1.06. The first-order valence-corrected chi connectivity index (χ1v) is 4.99. The second-order valence-corrected chi connectivity index (χ2v) is 3.96. The fourth-order valence-corrected chi connectivity index (χ4v) is 1.80. The molecule has 0 spiro atoms. The molecule has 0 bridgehead atoms. The van der Waals surface area contributed by atoms with Crippen LogP contribution in [0.5, 0.6) is 0 Å². The summed E-state index contributed by atoms with van der Waals surface area (Å²) >= 11 is 0. The van der Waals surface area contributed by atoms with Gasteiger partial charge in [0.15, 0.2) is 0 Å². The van der Waals surface area contributed by atoms with Gasteiger partial charge in [-0.25, -0.2) is 4.84 Å².